The molecule has 1 saturated heterocycles. The zero-order valence-electron chi connectivity index (χ0n) is 21.0. The second kappa shape index (κ2) is 11.6. The molecule has 1 fully saturated rings. The molecule has 0 aliphatic carbocycles. The van der Waals surface area contributed by atoms with Crippen molar-refractivity contribution >= 4 is 41.3 Å². The average molecular weight is 532 g/mol. The number of rotatable bonds is 7. The standard InChI is InChI=1S/C26H30FN3O6S/c1-15(28-25(35)29-17-9-7-8-16(12-17)13-21(31)32)22(33)30-20(24(34)36-26(2,3)4)14-37-23(30)18-10-5-6-11-19(18)27/h5-12,15,20,23H,13-14H2,1-4H3,(H,31,32)(H2,28,29,35)/t15-,20+,23-/m1/s1. The Balaban J connectivity index is 1.78. The maximum Gasteiger partial charge on any atom is 0.330 e. The van der Waals surface area contributed by atoms with E-state index in [0.717, 1.165) is 0 Å². The van der Waals surface area contributed by atoms with Crippen molar-refractivity contribution in [3.8, 4) is 0 Å². The van der Waals surface area contributed by atoms with E-state index in [2.05, 4.69) is 10.6 Å². The summed E-state index contributed by atoms with van der Waals surface area (Å²) in [7, 11) is 0. The Kier molecular flexibility index (Phi) is 8.80. The highest BCUT2D eigenvalue weighted by Gasteiger charge is 2.46. The van der Waals surface area contributed by atoms with E-state index in [-0.39, 0.29) is 17.7 Å². The first-order chi connectivity index (χ1) is 17.4. The Hall–Kier alpha value is -3.60. The van der Waals surface area contributed by atoms with Crippen LogP contribution < -0.4 is 10.6 Å². The number of nitrogens with one attached hydrogen (secondary N) is 2. The van der Waals surface area contributed by atoms with Crippen molar-refractivity contribution < 1.29 is 33.4 Å². The van der Waals surface area contributed by atoms with Crippen molar-refractivity contribution in [3.05, 3.63) is 65.5 Å². The van der Waals surface area contributed by atoms with Crippen molar-refractivity contribution in [1.29, 1.82) is 0 Å². The van der Waals surface area contributed by atoms with Crippen molar-refractivity contribution in [2.24, 2.45) is 0 Å². The molecule has 0 saturated carbocycles. The second-order valence-corrected chi connectivity index (χ2v) is 10.7. The summed E-state index contributed by atoms with van der Waals surface area (Å²) in [5.74, 6) is -2.51. The number of hydrogen-bond acceptors (Lipinski definition) is 6. The van der Waals surface area contributed by atoms with E-state index >= 15 is 0 Å². The van der Waals surface area contributed by atoms with E-state index in [9.17, 15) is 23.6 Å². The predicted octanol–water partition coefficient (Wildman–Crippen LogP) is 3.95. The zero-order valence-corrected chi connectivity index (χ0v) is 21.8. The molecular weight excluding hydrogens is 501 g/mol. The number of esters is 1. The number of benzene rings is 2. The van der Waals surface area contributed by atoms with Gasteiger partial charge < -0.3 is 25.4 Å². The second-order valence-electron chi connectivity index (χ2n) is 9.59. The van der Waals surface area contributed by atoms with Crippen LogP contribution in [-0.2, 0) is 25.5 Å². The van der Waals surface area contributed by atoms with E-state index in [4.69, 9.17) is 9.84 Å². The number of thioether (sulfide) groups is 1. The van der Waals surface area contributed by atoms with E-state index in [1.807, 2.05) is 0 Å². The molecule has 3 N–H and O–H groups in total. The van der Waals surface area contributed by atoms with Crippen molar-refractivity contribution in [2.75, 3.05) is 11.1 Å². The van der Waals surface area contributed by atoms with Gasteiger partial charge in [-0.3, -0.25) is 9.59 Å². The maximum atomic E-state index is 14.7. The maximum absolute atomic E-state index is 14.7. The molecule has 3 atom stereocenters. The number of hydrogen-bond donors (Lipinski definition) is 3. The summed E-state index contributed by atoms with van der Waals surface area (Å²) in [5, 5.41) is 13.3. The normalized spacial score (nSPS) is 18.1. The fraction of sp³-hybridized carbons (Fsp3) is 0.385. The Morgan fingerprint density at radius 2 is 1.86 bits per heavy atom. The Bertz CT molecular complexity index is 1180. The molecule has 9 nitrogen and oxygen atoms in total. The third kappa shape index (κ3) is 7.45. The number of aliphatic carboxylic acids is 1. The largest absolute Gasteiger partial charge is 0.481 e. The summed E-state index contributed by atoms with van der Waals surface area (Å²) >= 11 is 1.24. The van der Waals surface area contributed by atoms with Gasteiger partial charge in [-0.1, -0.05) is 30.3 Å². The molecule has 11 heteroatoms. The lowest BCUT2D eigenvalue weighted by atomic mass is 10.1. The van der Waals surface area contributed by atoms with Gasteiger partial charge in [-0.15, -0.1) is 11.8 Å². The summed E-state index contributed by atoms with van der Waals surface area (Å²) in [6.07, 6.45) is -0.206. The topological polar surface area (TPSA) is 125 Å². The third-order valence-corrected chi connectivity index (χ3v) is 6.67. The van der Waals surface area contributed by atoms with Gasteiger partial charge in [-0.25, -0.2) is 14.0 Å². The number of carbonyl (C=O) groups is 4. The highest BCUT2D eigenvalue weighted by molar-refractivity contribution is 7.99. The first kappa shape index (κ1) is 28.0. The molecule has 1 heterocycles. The molecule has 0 radical (unpaired) electrons. The molecule has 0 unspecified atom stereocenters. The Morgan fingerprint density at radius 1 is 1.16 bits per heavy atom. The summed E-state index contributed by atoms with van der Waals surface area (Å²) < 4.78 is 20.2. The number of carboxylic acids is 1. The molecule has 37 heavy (non-hydrogen) atoms. The lowest BCUT2D eigenvalue weighted by molar-refractivity contribution is -0.164. The van der Waals surface area contributed by atoms with Crippen LogP contribution in [0.3, 0.4) is 0 Å². The molecule has 1 aliphatic rings. The molecule has 1 aliphatic heterocycles. The van der Waals surface area contributed by atoms with Gasteiger partial charge in [0.25, 0.3) is 0 Å². The number of anilines is 1. The SMILES string of the molecule is C[C@@H](NC(=O)Nc1cccc(CC(=O)O)c1)C(=O)N1[C@@H](c2ccccc2F)SC[C@H]1C(=O)OC(C)(C)C. The predicted molar refractivity (Wildman–Crippen MR) is 137 cm³/mol. The minimum absolute atomic E-state index is 0.203. The number of amides is 3. The minimum Gasteiger partial charge on any atom is -0.481 e. The first-order valence-corrected chi connectivity index (χ1v) is 12.7. The number of ether oxygens (including phenoxy) is 1. The fourth-order valence-corrected chi connectivity index (χ4v) is 5.27. The molecule has 3 rings (SSSR count). The van der Waals surface area contributed by atoms with Gasteiger partial charge in [-0.2, -0.15) is 0 Å². The monoisotopic (exact) mass is 531 g/mol. The van der Waals surface area contributed by atoms with Gasteiger partial charge >= 0.3 is 18.0 Å². The van der Waals surface area contributed by atoms with Crippen LogP contribution in [0.15, 0.2) is 48.5 Å². The first-order valence-electron chi connectivity index (χ1n) is 11.6. The minimum atomic E-state index is -1.07. The lowest BCUT2D eigenvalue weighted by Gasteiger charge is -2.32. The average Bonchev–Trinajstić information content (AvgIpc) is 3.22. The van der Waals surface area contributed by atoms with Crippen LogP contribution >= 0.6 is 11.8 Å². The Labute approximate surface area is 218 Å². The van der Waals surface area contributed by atoms with Gasteiger partial charge in [-0.05, 0) is 51.5 Å². The van der Waals surface area contributed by atoms with E-state index in [1.54, 1.807) is 51.1 Å². The van der Waals surface area contributed by atoms with Crippen molar-refractivity contribution in [2.45, 2.75) is 57.2 Å². The molecule has 2 aromatic rings. The number of carbonyl (C=O) groups excluding carboxylic acids is 3. The summed E-state index contributed by atoms with van der Waals surface area (Å²) in [5.41, 5.74) is 0.310. The van der Waals surface area contributed by atoms with Crippen molar-refractivity contribution in [1.82, 2.24) is 10.2 Å². The number of nitrogens with zero attached hydrogens (tertiary/aromatic N) is 1. The quantitative estimate of drug-likeness (QED) is 0.462. The number of urea groups is 1. The summed E-state index contributed by atoms with van der Waals surface area (Å²) in [6, 6.07) is 9.62. The smallest absolute Gasteiger partial charge is 0.330 e. The number of halogens is 1. The van der Waals surface area contributed by atoms with Gasteiger partial charge in [0.2, 0.25) is 5.91 Å². The van der Waals surface area contributed by atoms with Gasteiger partial charge in [0.05, 0.1) is 6.42 Å². The third-order valence-electron chi connectivity index (χ3n) is 5.36. The number of carboxylic acid groups (broad SMARTS) is 1. The Morgan fingerprint density at radius 3 is 2.51 bits per heavy atom. The molecule has 3 amide bonds. The van der Waals surface area contributed by atoms with Crippen molar-refractivity contribution in [3.63, 3.8) is 0 Å². The van der Waals surface area contributed by atoms with Crippen LogP contribution in [-0.4, -0.2) is 57.3 Å². The molecule has 198 valence electrons. The zero-order chi connectivity index (χ0) is 27.3. The van der Waals surface area contributed by atoms with Gasteiger partial charge in [0, 0.05) is 17.0 Å². The molecule has 0 spiro atoms. The lowest BCUT2D eigenvalue weighted by Crippen LogP contribution is -2.53. The van der Waals surface area contributed by atoms with Gasteiger partial charge in [0.15, 0.2) is 0 Å². The van der Waals surface area contributed by atoms with Gasteiger partial charge in [0.1, 0.15) is 28.9 Å². The highest BCUT2D eigenvalue weighted by Crippen LogP contribution is 2.43. The van der Waals surface area contributed by atoms with E-state index < -0.39 is 52.8 Å². The molecular formula is C26H30FN3O6S. The fourth-order valence-electron chi connectivity index (χ4n) is 3.82. The molecule has 2 aromatic carbocycles. The summed E-state index contributed by atoms with van der Waals surface area (Å²) in [4.78, 5) is 51.4. The van der Waals surface area contributed by atoms with Crippen LogP contribution in [0.25, 0.3) is 0 Å². The van der Waals surface area contributed by atoms with Crippen LogP contribution in [0.2, 0.25) is 0 Å². The van der Waals surface area contributed by atoms with E-state index in [0.29, 0.717) is 11.3 Å². The highest BCUT2D eigenvalue weighted by atomic mass is 32.2. The van der Waals surface area contributed by atoms with Crippen LogP contribution in [0.5, 0.6) is 0 Å². The van der Waals surface area contributed by atoms with E-state index in [1.165, 1.54) is 41.8 Å². The van der Waals surface area contributed by atoms with Crippen LogP contribution in [0, 0.1) is 5.82 Å². The van der Waals surface area contributed by atoms with Crippen LogP contribution in [0.4, 0.5) is 14.9 Å². The molecule has 0 aromatic heterocycles. The van der Waals surface area contributed by atoms with Crippen LogP contribution in [0.1, 0.15) is 44.2 Å². The summed E-state index contributed by atoms with van der Waals surface area (Å²) in [6.45, 7) is 6.62. The molecule has 0 bridgehead atoms.